The molecule has 0 aliphatic heterocycles. The molecule has 4 heteroatoms. The van der Waals surface area contributed by atoms with Crippen molar-refractivity contribution in [1.29, 1.82) is 5.26 Å². The maximum absolute atomic E-state index is 12.3. The molecule has 3 nitrogen and oxygen atoms in total. The zero-order valence-electron chi connectivity index (χ0n) is 11.4. The van der Waals surface area contributed by atoms with Crippen molar-refractivity contribution in [3.05, 3.63) is 21.9 Å². The fourth-order valence-corrected chi connectivity index (χ4v) is 3.41. The number of hydrogen-bond acceptors (Lipinski definition) is 3. The zero-order valence-corrected chi connectivity index (χ0v) is 12.2. The van der Waals surface area contributed by atoms with Gasteiger partial charge in [-0.15, -0.1) is 11.3 Å². The average molecular weight is 276 g/mol. The van der Waals surface area contributed by atoms with Crippen LogP contribution in [0.1, 0.15) is 60.0 Å². The van der Waals surface area contributed by atoms with E-state index in [0.717, 1.165) is 49.8 Å². The van der Waals surface area contributed by atoms with Crippen molar-refractivity contribution in [2.45, 2.75) is 57.4 Å². The molecule has 0 spiro atoms. The molecule has 0 atom stereocenters. The minimum Gasteiger partial charge on any atom is -0.333 e. The van der Waals surface area contributed by atoms with Crippen LogP contribution in [-0.4, -0.2) is 11.4 Å². The number of thiophene rings is 1. The van der Waals surface area contributed by atoms with E-state index in [1.165, 1.54) is 16.2 Å². The number of hydrogen-bond donors (Lipinski definition) is 1. The van der Waals surface area contributed by atoms with Crippen LogP contribution in [0.25, 0.3) is 0 Å². The van der Waals surface area contributed by atoms with Crippen LogP contribution in [0, 0.1) is 11.3 Å². The van der Waals surface area contributed by atoms with Crippen LogP contribution >= 0.6 is 11.3 Å². The van der Waals surface area contributed by atoms with Gasteiger partial charge in [0, 0.05) is 4.88 Å². The maximum Gasteiger partial charge on any atom is 0.262 e. The van der Waals surface area contributed by atoms with E-state index in [1.807, 2.05) is 12.1 Å². The molecule has 1 aliphatic rings. The molecule has 102 valence electrons. The molecule has 1 heterocycles. The predicted octanol–water partition coefficient (Wildman–Crippen LogP) is 3.66. The summed E-state index contributed by atoms with van der Waals surface area (Å²) in [4.78, 5) is 14.2. The first-order valence-corrected chi connectivity index (χ1v) is 7.83. The van der Waals surface area contributed by atoms with E-state index in [2.05, 4.69) is 18.3 Å². The highest BCUT2D eigenvalue weighted by molar-refractivity contribution is 7.14. The number of aryl methyl sites for hydroxylation is 1. The lowest BCUT2D eigenvalue weighted by atomic mass is 9.92. The number of nitrogens with zero attached hydrogens (tertiary/aromatic N) is 1. The molecule has 2 rings (SSSR count). The molecule has 19 heavy (non-hydrogen) atoms. The third-order valence-electron chi connectivity index (χ3n) is 3.76. The first kappa shape index (κ1) is 14.1. The summed E-state index contributed by atoms with van der Waals surface area (Å²) < 4.78 is 0. The van der Waals surface area contributed by atoms with Gasteiger partial charge in [-0.2, -0.15) is 5.26 Å². The first-order valence-electron chi connectivity index (χ1n) is 7.01. The lowest BCUT2D eigenvalue weighted by Gasteiger charge is -2.25. The van der Waals surface area contributed by atoms with Gasteiger partial charge in [0.2, 0.25) is 0 Å². The van der Waals surface area contributed by atoms with Crippen LogP contribution < -0.4 is 5.32 Å². The third kappa shape index (κ3) is 3.36. The number of nitriles is 1. The van der Waals surface area contributed by atoms with Gasteiger partial charge in [0.1, 0.15) is 5.54 Å². The largest absolute Gasteiger partial charge is 0.333 e. The third-order valence-corrected chi connectivity index (χ3v) is 4.99. The highest BCUT2D eigenvalue weighted by atomic mass is 32.1. The molecular weight excluding hydrogens is 256 g/mol. The lowest BCUT2D eigenvalue weighted by molar-refractivity contribution is 0.0917. The van der Waals surface area contributed by atoms with Crippen LogP contribution in [0.15, 0.2) is 12.1 Å². The smallest absolute Gasteiger partial charge is 0.262 e. The van der Waals surface area contributed by atoms with Gasteiger partial charge >= 0.3 is 0 Å². The Bertz CT molecular complexity index is 479. The summed E-state index contributed by atoms with van der Waals surface area (Å²) in [5.41, 5.74) is -0.649. The molecule has 1 aromatic rings. The molecule has 0 radical (unpaired) electrons. The Balaban J connectivity index is 2.09. The van der Waals surface area contributed by atoms with Crippen molar-refractivity contribution in [2.24, 2.45) is 0 Å². The second-order valence-electron chi connectivity index (χ2n) is 5.18. The molecule has 1 amide bonds. The number of nitrogens with one attached hydrogen (secondary N) is 1. The molecule has 0 aromatic carbocycles. The number of amides is 1. The molecule has 0 bridgehead atoms. The van der Waals surface area contributed by atoms with Crippen molar-refractivity contribution in [3.63, 3.8) is 0 Å². The van der Waals surface area contributed by atoms with Crippen LogP contribution in [0.5, 0.6) is 0 Å². The second-order valence-corrected chi connectivity index (χ2v) is 6.35. The van der Waals surface area contributed by atoms with E-state index < -0.39 is 5.54 Å². The summed E-state index contributed by atoms with van der Waals surface area (Å²) in [5, 5.41) is 12.4. The number of rotatable bonds is 3. The summed E-state index contributed by atoms with van der Waals surface area (Å²) in [7, 11) is 0. The molecule has 1 aliphatic carbocycles. The standard InChI is InChI=1S/C15H20N2OS/c1-2-12-7-8-13(19-12)14(18)17-15(11-16)9-5-3-4-6-10-15/h7-8H,2-6,9-10H2,1H3,(H,17,18). The van der Waals surface area contributed by atoms with Crippen LogP contribution in [0.3, 0.4) is 0 Å². The van der Waals surface area contributed by atoms with E-state index >= 15 is 0 Å². The van der Waals surface area contributed by atoms with Gasteiger partial charge in [0.15, 0.2) is 0 Å². The summed E-state index contributed by atoms with van der Waals surface area (Å²) in [6.45, 7) is 2.08. The van der Waals surface area contributed by atoms with Crippen molar-refractivity contribution in [2.75, 3.05) is 0 Å². The van der Waals surface area contributed by atoms with Gasteiger partial charge in [-0.25, -0.2) is 0 Å². The van der Waals surface area contributed by atoms with Gasteiger partial charge in [0.25, 0.3) is 5.91 Å². The Kier molecular flexibility index (Phi) is 4.60. The SMILES string of the molecule is CCc1ccc(C(=O)NC2(C#N)CCCCCC2)s1. The Hall–Kier alpha value is -1.34. The Morgan fingerprint density at radius 3 is 2.58 bits per heavy atom. The minimum absolute atomic E-state index is 0.0897. The van der Waals surface area contributed by atoms with Gasteiger partial charge in [-0.05, 0) is 31.4 Å². The number of carbonyl (C=O) groups is 1. The van der Waals surface area contributed by atoms with Crippen LogP contribution in [0.4, 0.5) is 0 Å². The van der Waals surface area contributed by atoms with Crippen LogP contribution in [0.2, 0.25) is 0 Å². The maximum atomic E-state index is 12.3. The fraction of sp³-hybridized carbons (Fsp3) is 0.600. The average Bonchev–Trinajstić information content (AvgIpc) is 2.80. The summed E-state index contributed by atoms with van der Waals surface area (Å²) in [6.07, 6.45) is 6.89. The molecular formula is C15H20N2OS. The topological polar surface area (TPSA) is 52.9 Å². The summed E-state index contributed by atoms with van der Waals surface area (Å²) in [5.74, 6) is -0.0897. The van der Waals surface area contributed by atoms with E-state index in [-0.39, 0.29) is 5.91 Å². The lowest BCUT2D eigenvalue weighted by Crippen LogP contribution is -2.46. The second kappa shape index (κ2) is 6.21. The zero-order chi connectivity index (χ0) is 13.7. The highest BCUT2D eigenvalue weighted by Crippen LogP contribution is 2.27. The molecule has 0 unspecified atom stereocenters. The fourth-order valence-electron chi connectivity index (χ4n) is 2.57. The van der Waals surface area contributed by atoms with Gasteiger partial charge in [-0.3, -0.25) is 4.79 Å². The Labute approximate surface area is 118 Å². The molecule has 1 saturated carbocycles. The molecule has 1 aromatic heterocycles. The quantitative estimate of drug-likeness (QED) is 0.857. The summed E-state index contributed by atoms with van der Waals surface area (Å²) in [6, 6.07) is 6.21. The van der Waals surface area contributed by atoms with E-state index in [9.17, 15) is 10.1 Å². The van der Waals surface area contributed by atoms with E-state index in [4.69, 9.17) is 0 Å². The Morgan fingerprint density at radius 1 is 1.37 bits per heavy atom. The highest BCUT2D eigenvalue weighted by Gasteiger charge is 2.33. The van der Waals surface area contributed by atoms with Gasteiger partial charge in [-0.1, -0.05) is 32.6 Å². The van der Waals surface area contributed by atoms with Gasteiger partial charge < -0.3 is 5.32 Å². The number of carbonyl (C=O) groups excluding carboxylic acids is 1. The molecule has 0 saturated heterocycles. The van der Waals surface area contributed by atoms with Crippen LogP contribution in [-0.2, 0) is 6.42 Å². The van der Waals surface area contributed by atoms with Gasteiger partial charge in [0.05, 0.1) is 10.9 Å². The molecule has 1 N–H and O–H groups in total. The van der Waals surface area contributed by atoms with E-state index in [0.29, 0.717) is 0 Å². The van der Waals surface area contributed by atoms with Crippen molar-refractivity contribution < 1.29 is 4.79 Å². The van der Waals surface area contributed by atoms with E-state index in [1.54, 1.807) is 0 Å². The minimum atomic E-state index is -0.649. The molecule has 1 fully saturated rings. The monoisotopic (exact) mass is 276 g/mol. The van der Waals surface area contributed by atoms with Crippen molar-refractivity contribution in [1.82, 2.24) is 5.32 Å². The first-order chi connectivity index (χ1) is 9.19. The Morgan fingerprint density at radius 2 is 2.05 bits per heavy atom. The normalized spacial score (nSPS) is 18.3. The van der Waals surface area contributed by atoms with Crippen molar-refractivity contribution >= 4 is 17.2 Å². The predicted molar refractivity (Wildman–Crippen MR) is 77.2 cm³/mol. The summed E-state index contributed by atoms with van der Waals surface area (Å²) >= 11 is 1.52. The van der Waals surface area contributed by atoms with Crippen molar-refractivity contribution in [3.8, 4) is 6.07 Å².